The molecule has 0 unspecified atom stereocenters. The van der Waals surface area contributed by atoms with Crippen LogP contribution >= 0.6 is 0 Å². The van der Waals surface area contributed by atoms with Crippen molar-refractivity contribution in [3.63, 3.8) is 0 Å². The first-order chi connectivity index (χ1) is 7.50. The Balaban J connectivity index is 2.29. The maximum absolute atomic E-state index is 11.7. The van der Waals surface area contributed by atoms with Gasteiger partial charge in [0.25, 0.3) is 0 Å². The van der Waals surface area contributed by atoms with Crippen LogP contribution in [0.2, 0.25) is 0 Å². The van der Waals surface area contributed by atoms with Gasteiger partial charge in [-0.25, -0.2) is 0 Å². The van der Waals surface area contributed by atoms with Crippen molar-refractivity contribution in [2.75, 3.05) is 0 Å². The average Bonchev–Trinajstić information content (AvgIpc) is 2.44. The van der Waals surface area contributed by atoms with E-state index in [1.165, 1.54) is 38.5 Å². The van der Waals surface area contributed by atoms with E-state index in [1.807, 2.05) is 27.0 Å². The van der Waals surface area contributed by atoms with Gasteiger partial charge in [0.05, 0.1) is 6.21 Å². The Hall–Kier alpha value is -0.0200. The Labute approximate surface area is 103 Å². The van der Waals surface area contributed by atoms with Crippen molar-refractivity contribution < 1.29 is 4.55 Å². The zero-order valence-corrected chi connectivity index (χ0v) is 11.7. The summed E-state index contributed by atoms with van der Waals surface area (Å²) in [5, 5.41) is 0. The topological polar surface area (TPSA) is 35.4 Å². The lowest BCUT2D eigenvalue weighted by molar-refractivity contribution is 0.480. The summed E-state index contributed by atoms with van der Waals surface area (Å²) in [6, 6.07) is 0. The van der Waals surface area contributed by atoms with Crippen LogP contribution in [0, 0.1) is 5.92 Å². The van der Waals surface area contributed by atoms with Crippen LogP contribution in [-0.2, 0) is 11.4 Å². The third-order valence-corrected chi connectivity index (χ3v) is 4.50. The molecule has 0 amide bonds. The van der Waals surface area contributed by atoms with Crippen LogP contribution < -0.4 is 0 Å². The third kappa shape index (κ3) is 5.35. The maximum atomic E-state index is 11.7. The Kier molecular flexibility index (Phi) is 5.84. The highest BCUT2D eigenvalue weighted by Crippen LogP contribution is 2.25. The van der Waals surface area contributed by atoms with Gasteiger partial charge in [-0.2, -0.15) is 0 Å². The van der Waals surface area contributed by atoms with E-state index in [4.69, 9.17) is 0 Å². The molecule has 0 bridgehead atoms. The SMILES string of the molecule is CC(C)(C)[S@@+]([O-])/N=C/CC1CCCCCC1. The van der Waals surface area contributed by atoms with Gasteiger partial charge in [0, 0.05) is 0 Å². The van der Waals surface area contributed by atoms with Gasteiger partial charge >= 0.3 is 0 Å². The molecule has 1 fully saturated rings. The van der Waals surface area contributed by atoms with E-state index >= 15 is 0 Å². The number of hydrogen-bond donors (Lipinski definition) is 0. The Morgan fingerprint density at radius 2 is 1.75 bits per heavy atom. The number of rotatable bonds is 3. The van der Waals surface area contributed by atoms with Crippen molar-refractivity contribution in [2.45, 2.75) is 70.5 Å². The molecule has 0 aromatic rings. The average molecular weight is 243 g/mol. The molecular formula is C13H25NOS. The number of nitrogens with zero attached hydrogens (tertiary/aromatic N) is 1. The van der Waals surface area contributed by atoms with Gasteiger partial charge < -0.3 is 4.55 Å². The zero-order chi connectivity index (χ0) is 12.0. The summed E-state index contributed by atoms with van der Waals surface area (Å²) in [7, 11) is 0. The van der Waals surface area contributed by atoms with Crippen LogP contribution in [-0.4, -0.2) is 15.5 Å². The Bertz CT molecular complexity index is 214. The molecule has 0 N–H and O–H groups in total. The Morgan fingerprint density at radius 1 is 1.19 bits per heavy atom. The van der Waals surface area contributed by atoms with Gasteiger partial charge in [0.2, 0.25) is 0 Å². The van der Waals surface area contributed by atoms with Crippen molar-refractivity contribution in [3.8, 4) is 0 Å². The molecule has 0 spiro atoms. The summed E-state index contributed by atoms with van der Waals surface area (Å²) in [4.78, 5) is 0. The van der Waals surface area contributed by atoms with E-state index in [0.29, 0.717) is 0 Å². The van der Waals surface area contributed by atoms with Gasteiger partial charge in [-0.05, 0) is 33.1 Å². The molecule has 0 aromatic carbocycles. The largest absolute Gasteiger partial charge is 0.591 e. The molecule has 16 heavy (non-hydrogen) atoms. The van der Waals surface area contributed by atoms with E-state index in [0.717, 1.165) is 12.3 Å². The molecule has 1 rings (SSSR count). The zero-order valence-electron chi connectivity index (χ0n) is 10.9. The van der Waals surface area contributed by atoms with Crippen LogP contribution in [0.15, 0.2) is 4.40 Å². The molecule has 3 heteroatoms. The summed E-state index contributed by atoms with van der Waals surface area (Å²) >= 11 is -1.08. The van der Waals surface area contributed by atoms with Gasteiger partial charge in [-0.1, -0.05) is 42.9 Å². The molecule has 1 aliphatic carbocycles. The van der Waals surface area contributed by atoms with E-state index in [1.54, 1.807) is 0 Å². The minimum absolute atomic E-state index is 0.222. The van der Waals surface area contributed by atoms with Crippen LogP contribution in [0.25, 0.3) is 0 Å². The van der Waals surface area contributed by atoms with Crippen molar-refractivity contribution >= 4 is 17.6 Å². The van der Waals surface area contributed by atoms with Crippen LogP contribution in [0.3, 0.4) is 0 Å². The fourth-order valence-corrected chi connectivity index (χ4v) is 2.56. The lowest BCUT2D eigenvalue weighted by Gasteiger charge is -2.18. The van der Waals surface area contributed by atoms with Crippen LogP contribution in [0.4, 0.5) is 0 Å². The molecule has 0 saturated heterocycles. The van der Waals surface area contributed by atoms with Crippen LogP contribution in [0.5, 0.6) is 0 Å². The van der Waals surface area contributed by atoms with Crippen molar-refractivity contribution in [2.24, 2.45) is 10.3 Å². The molecule has 1 aliphatic rings. The first kappa shape index (κ1) is 14.0. The second kappa shape index (κ2) is 6.65. The fourth-order valence-electron chi connectivity index (χ4n) is 2.02. The molecule has 1 atom stereocenters. The molecule has 0 radical (unpaired) electrons. The first-order valence-corrected chi connectivity index (χ1v) is 7.55. The van der Waals surface area contributed by atoms with Crippen molar-refractivity contribution in [1.29, 1.82) is 0 Å². The van der Waals surface area contributed by atoms with Gasteiger partial charge in [-0.15, -0.1) is 0 Å². The predicted octanol–water partition coefficient (Wildman–Crippen LogP) is 3.88. The first-order valence-electron chi connectivity index (χ1n) is 6.44. The second-order valence-corrected chi connectivity index (χ2v) is 7.68. The monoisotopic (exact) mass is 243 g/mol. The van der Waals surface area contributed by atoms with Gasteiger partial charge in [0.15, 0.2) is 0 Å². The summed E-state index contributed by atoms with van der Waals surface area (Å²) in [5.41, 5.74) is 0. The molecule has 0 heterocycles. The van der Waals surface area contributed by atoms with E-state index < -0.39 is 11.4 Å². The quantitative estimate of drug-likeness (QED) is 0.421. The summed E-state index contributed by atoms with van der Waals surface area (Å²) in [6.07, 6.45) is 11.1. The normalized spacial score (nSPS) is 22.2. The summed E-state index contributed by atoms with van der Waals surface area (Å²) < 4.78 is 15.6. The number of hydrogen-bond acceptors (Lipinski definition) is 2. The summed E-state index contributed by atoms with van der Waals surface area (Å²) in [6.45, 7) is 5.89. The molecular weight excluding hydrogens is 218 g/mol. The molecule has 0 aromatic heterocycles. The van der Waals surface area contributed by atoms with Crippen LogP contribution in [0.1, 0.15) is 65.7 Å². The molecule has 1 saturated carbocycles. The van der Waals surface area contributed by atoms with Crippen molar-refractivity contribution in [3.05, 3.63) is 0 Å². The lowest BCUT2D eigenvalue weighted by Crippen LogP contribution is -2.25. The van der Waals surface area contributed by atoms with Gasteiger partial charge in [-0.3, -0.25) is 0 Å². The summed E-state index contributed by atoms with van der Waals surface area (Å²) in [5.74, 6) is 0.781. The lowest BCUT2D eigenvalue weighted by atomic mass is 9.97. The highest BCUT2D eigenvalue weighted by molar-refractivity contribution is 7.91. The fraction of sp³-hybridized carbons (Fsp3) is 0.923. The highest BCUT2D eigenvalue weighted by Gasteiger charge is 2.25. The third-order valence-electron chi connectivity index (χ3n) is 3.11. The smallest absolute Gasteiger partial charge is 0.144 e. The standard InChI is InChI=1S/C13H25NOS/c1-13(2,3)16(15)14-11-10-12-8-6-4-5-7-9-12/h11-12H,4-10H2,1-3H3/b14-11+/t16-/m1/s1. The molecule has 94 valence electrons. The van der Waals surface area contributed by atoms with E-state index in [9.17, 15) is 4.55 Å². The maximum Gasteiger partial charge on any atom is 0.144 e. The van der Waals surface area contributed by atoms with E-state index in [2.05, 4.69) is 4.40 Å². The minimum atomic E-state index is -1.08. The van der Waals surface area contributed by atoms with Crippen molar-refractivity contribution in [1.82, 2.24) is 0 Å². The molecule has 2 nitrogen and oxygen atoms in total. The van der Waals surface area contributed by atoms with Gasteiger partial charge in [0.1, 0.15) is 16.1 Å². The highest BCUT2D eigenvalue weighted by atomic mass is 32.2. The van der Waals surface area contributed by atoms with E-state index in [-0.39, 0.29) is 4.75 Å². The Morgan fingerprint density at radius 3 is 2.25 bits per heavy atom. The predicted molar refractivity (Wildman–Crippen MR) is 72.2 cm³/mol. The minimum Gasteiger partial charge on any atom is -0.591 e. The molecule has 0 aliphatic heterocycles. The second-order valence-electron chi connectivity index (χ2n) is 5.74.